The number of hydrogen-bond donors (Lipinski definition) is 2. The fourth-order valence-electron chi connectivity index (χ4n) is 2.63. The molecule has 1 aromatic rings. The van der Waals surface area contributed by atoms with Gasteiger partial charge in [0.25, 0.3) is 0 Å². The molecule has 0 spiro atoms. The van der Waals surface area contributed by atoms with E-state index in [1.165, 1.54) is 12.0 Å². The first-order valence-electron chi connectivity index (χ1n) is 7.91. The van der Waals surface area contributed by atoms with Crippen molar-refractivity contribution in [2.24, 2.45) is 0 Å². The van der Waals surface area contributed by atoms with Gasteiger partial charge in [0.15, 0.2) is 0 Å². The molecule has 120 valence electrons. The number of allylic oxidation sites excluding steroid dienone is 1. The van der Waals surface area contributed by atoms with Crippen molar-refractivity contribution in [3.05, 3.63) is 41.5 Å². The summed E-state index contributed by atoms with van der Waals surface area (Å²) in [4.78, 5) is 23.5. The van der Waals surface area contributed by atoms with Gasteiger partial charge in [-0.1, -0.05) is 30.2 Å². The lowest BCUT2D eigenvalue weighted by atomic mass is 9.94. The van der Waals surface area contributed by atoms with Crippen LogP contribution in [0.3, 0.4) is 0 Å². The highest BCUT2D eigenvalue weighted by Crippen LogP contribution is 2.23. The lowest BCUT2D eigenvalue weighted by Gasteiger charge is -2.14. The second kappa shape index (κ2) is 8.74. The topological polar surface area (TPSA) is 82.0 Å². The van der Waals surface area contributed by atoms with E-state index in [1.807, 2.05) is 24.3 Å². The van der Waals surface area contributed by atoms with E-state index in [0.29, 0.717) is 5.69 Å². The van der Waals surface area contributed by atoms with Crippen molar-refractivity contribution >= 4 is 17.5 Å². The van der Waals surface area contributed by atoms with Crippen LogP contribution in [0, 0.1) is 11.3 Å². The maximum Gasteiger partial charge on any atom is 0.248 e. The third-order valence-corrected chi connectivity index (χ3v) is 3.82. The van der Waals surface area contributed by atoms with Crippen LogP contribution in [0.5, 0.6) is 0 Å². The van der Waals surface area contributed by atoms with Crippen molar-refractivity contribution in [3.8, 4) is 6.07 Å². The molecule has 0 aromatic heterocycles. The van der Waals surface area contributed by atoms with Crippen LogP contribution in [0.4, 0.5) is 5.69 Å². The second-order valence-corrected chi connectivity index (χ2v) is 5.62. The largest absolute Gasteiger partial charge is 0.351 e. The van der Waals surface area contributed by atoms with Gasteiger partial charge in [-0.15, -0.1) is 0 Å². The predicted molar refractivity (Wildman–Crippen MR) is 88.3 cm³/mol. The molecule has 5 heteroatoms. The van der Waals surface area contributed by atoms with Gasteiger partial charge in [-0.05, 0) is 37.3 Å². The number of carbonyl (C=O) groups excluding carboxylic acids is 2. The number of amides is 2. The first-order chi connectivity index (χ1) is 11.2. The van der Waals surface area contributed by atoms with Crippen LogP contribution < -0.4 is 10.6 Å². The standard InChI is InChI=1S/C18H21N3O2/c19-11-10-17(22)20-13-15-8-4-5-9-16(15)21-18(23)12-14-6-2-1-3-7-14/h4-5,8-9,12H,1-3,6-7,10,13H2,(H,20,22)(H,21,23). The average Bonchev–Trinajstić information content (AvgIpc) is 2.55. The molecule has 23 heavy (non-hydrogen) atoms. The van der Waals surface area contributed by atoms with Crippen LogP contribution >= 0.6 is 0 Å². The van der Waals surface area contributed by atoms with Gasteiger partial charge in [0.2, 0.25) is 11.8 Å². The summed E-state index contributed by atoms with van der Waals surface area (Å²) in [6, 6.07) is 9.14. The molecule has 0 bridgehead atoms. The molecule has 0 unspecified atom stereocenters. The van der Waals surface area contributed by atoms with Crippen molar-refractivity contribution < 1.29 is 9.59 Å². The molecule has 0 atom stereocenters. The Kier molecular flexibility index (Phi) is 6.37. The predicted octanol–water partition coefficient (Wildman–Crippen LogP) is 3.05. The van der Waals surface area contributed by atoms with Gasteiger partial charge in [-0.3, -0.25) is 9.59 Å². The van der Waals surface area contributed by atoms with Gasteiger partial charge in [0.1, 0.15) is 6.42 Å². The van der Waals surface area contributed by atoms with Gasteiger partial charge >= 0.3 is 0 Å². The molecule has 1 aliphatic carbocycles. The van der Waals surface area contributed by atoms with E-state index in [-0.39, 0.29) is 24.8 Å². The van der Waals surface area contributed by atoms with Crippen molar-refractivity contribution in [1.82, 2.24) is 5.32 Å². The minimum atomic E-state index is -0.321. The number of nitriles is 1. The zero-order valence-corrected chi connectivity index (χ0v) is 13.1. The maximum atomic E-state index is 12.2. The summed E-state index contributed by atoms with van der Waals surface area (Å²) in [5.74, 6) is -0.448. The fraction of sp³-hybridized carbons (Fsp3) is 0.389. The van der Waals surface area contributed by atoms with E-state index in [9.17, 15) is 9.59 Å². The summed E-state index contributed by atoms with van der Waals surface area (Å²) in [7, 11) is 0. The first kappa shape index (κ1) is 16.8. The Morgan fingerprint density at radius 3 is 2.65 bits per heavy atom. The summed E-state index contributed by atoms with van der Waals surface area (Å²) in [6.07, 6.45) is 7.08. The van der Waals surface area contributed by atoms with Crippen LogP contribution in [0.25, 0.3) is 0 Å². The van der Waals surface area contributed by atoms with E-state index in [4.69, 9.17) is 5.26 Å². The smallest absolute Gasteiger partial charge is 0.248 e. The molecular formula is C18H21N3O2. The number of carbonyl (C=O) groups is 2. The zero-order chi connectivity index (χ0) is 16.5. The summed E-state index contributed by atoms with van der Waals surface area (Å²) < 4.78 is 0. The fourth-order valence-corrected chi connectivity index (χ4v) is 2.63. The van der Waals surface area contributed by atoms with Gasteiger partial charge in [-0.25, -0.2) is 0 Å². The second-order valence-electron chi connectivity index (χ2n) is 5.62. The van der Waals surface area contributed by atoms with Gasteiger partial charge in [0, 0.05) is 18.3 Å². The monoisotopic (exact) mass is 311 g/mol. The first-order valence-corrected chi connectivity index (χ1v) is 7.91. The number of benzene rings is 1. The third-order valence-electron chi connectivity index (χ3n) is 3.82. The Balaban J connectivity index is 1.98. The molecule has 0 saturated heterocycles. The Hall–Kier alpha value is -2.61. The lowest BCUT2D eigenvalue weighted by Crippen LogP contribution is -2.23. The normalized spacial score (nSPS) is 13.8. The van der Waals surface area contributed by atoms with Gasteiger partial charge in [-0.2, -0.15) is 5.26 Å². The molecule has 0 heterocycles. The number of anilines is 1. The van der Waals surface area contributed by atoms with E-state index in [0.717, 1.165) is 31.2 Å². The number of nitrogens with zero attached hydrogens (tertiary/aromatic N) is 1. The molecule has 1 aromatic carbocycles. The summed E-state index contributed by atoms with van der Waals surface area (Å²) in [6.45, 7) is 0.285. The maximum absolute atomic E-state index is 12.2. The molecular weight excluding hydrogens is 290 g/mol. The van der Waals surface area contributed by atoms with Crippen molar-refractivity contribution in [3.63, 3.8) is 0 Å². The van der Waals surface area contributed by atoms with Crippen LogP contribution in [0.1, 0.15) is 44.1 Å². The minimum absolute atomic E-state index is 0.127. The Morgan fingerprint density at radius 1 is 1.17 bits per heavy atom. The molecule has 0 aliphatic heterocycles. The quantitative estimate of drug-likeness (QED) is 0.820. The average molecular weight is 311 g/mol. The third kappa shape index (κ3) is 5.59. The number of para-hydroxylation sites is 1. The van der Waals surface area contributed by atoms with Gasteiger partial charge < -0.3 is 10.6 Å². The number of hydrogen-bond acceptors (Lipinski definition) is 3. The van der Waals surface area contributed by atoms with Crippen molar-refractivity contribution in [1.29, 1.82) is 5.26 Å². The van der Waals surface area contributed by atoms with E-state index in [1.54, 1.807) is 12.1 Å². The number of nitrogens with one attached hydrogen (secondary N) is 2. The van der Waals surface area contributed by atoms with Crippen LogP contribution in [-0.2, 0) is 16.1 Å². The van der Waals surface area contributed by atoms with E-state index < -0.39 is 0 Å². The SMILES string of the molecule is N#CCC(=O)NCc1ccccc1NC(=O)C=C1CCCCC1. The van der Waals surface area contributed by atoms with Crippen LogP contribution in [0.15, 0.2) is 35.9 Å². The molecule has 0 radical (unpaired) electrons. The zero-order valence-electron chi connectivity index (χ0n) is 13.1. The van der Waals surface area contributed by atoms with E-state index in [2.05, 4.69) is 10.6 Å². The summed E-state index contributed by atoms with van der Waals surface area (Å²) in [5, 5.41) is 14.0. The Bertz CT molecular complexity index is 636. The summed E-state index contributed by atoms with van der Waals surface area (Å²) in [5.41, 5.74) is 2.70. The molecule has 2 amide bonds. The molecule has 1 aliphatic rings. The number of rotatable bonds is 5. The Morgan fingerprint density at radius 2 is 1.91 bits per heavy atom. The molecule has 1 saturated carbocycles. The minimum Gasteiger partial charge on any atom is -0.351 e. The molecule has 2 rings (SSSR count). The van der Waals surface area contributed by atoms with Crippen LogP contribution in [0.2, 0.25) is 0 Å². The molecule has 1 fully saturated rings. The van der Waals surface area contributed by atoms with Crippen molar-refractivity contribution in [2.75, 3.05) is 5.32 Å². The lowest BCUT2D eigenvalue weighted by molar-refractivity contribution is -0.120. The highest BCUT2D eigenvalue weighted by molar-refractivity contribution is 6.00. The highest BCUT2D eigenvalue weighted by atomic mass is 16.2. The highest BCUT2D eigenvalue weighted by Gasteiger charge is 2.09. The molecule has 2 N–H and O–H groups in total. The Labute approximate surface area is 136 Å². The van der Waals surface area contributed by atoms with Crippen molar-refractivity contribution in [2.45, 2.75) is 45.1 Å². The van der Waals surface area contributed by atoms with Crippen LogP contribution in [-0.4, -0.2) is 11.8 Å². The van der Waals surface area contributed by atoms with Gasteiger partial charge in [0.05, 0.1) is 6.07 Å². The van der Waals surface area contributed by atoms with E-state index >= 15 is 0 Å². The molecule has 5 nitrogen and oxygen atoms in total. The summed E-state index contributed by atoms with van der Waals surface area (Å²) >= 11 is 0.